The summed E-state index contributed by atoms with van der Waals surface area (Å²) >= 11 is 6.03. The highest BCUT2D eigenvalue weighted by Gasteiger charge is 2.33. The number of aliphatic hydroxyl groups is 2. The van der Waals surface area contributed by atoms with E-state index in [1.807, 2.05) is 0 Å². The van der Waals surface area contributed by atoms with Gasteiger partial charge in [0.1, 0.15) is 11.0 Å². The predicted octanol–water partition coefficient (Wildman–Crippen LogP) is 0.513. The molecule has 2 atom stereocenters. The summed E-state index contributed by atoms with van der Waals surface area (Å²) < 4.78 is 0. The molecule has 0 saturated carbocycles. The topological polar surface area (TPSA) is 76.9 Å². The third kappa shape index (κ3) is 2.97. The number of hydrogen-bond donors (Lipinski definition) is 2. The maximum absolute atomic E-state index is 12.5. The van der Waals surface area contributed by atoms with E-state index < -0.39 is 12.2 Å². The highest BCUT2D eigenvalue weighted by atomic mass is 35.5. The molecule has 0 aliphatic carbocycles. The van der Waals surface area contributed by atoms with E-state index in [0.717, 1.165) is 25.9 Å². The highest BCUT2D eigenvalue weighted by Crippen LogP contribution is 2.24. The fourth-order valence-electron chi connectivity index (χ4n) is 2.83. The Kier molecular flexibility index (Phi) is 4.01. The van der Waals surface area contributed by atoms with Crippen LogP contribution in [0.2, 0.25) is 5.15 Å². The first-order valence-electron chi connectivity index (χ1n) is 7.12. The number of pyridine rings is 1. The minimum Gasteiger partial charge on any atom is -0.388 e. The van der Waals surface area contributed by atoms with Crippen molar-refractivity contribution in [3.63, 3.8) is 0 Å². The number of carbonyl (C=O) groups excluding carboxylic acids is 1. The van der Waals surface area contributed by atoms with Gasteiger partial charge in [0, 0.05) is 31.7 Å². The molecule has 1 aromatic rings. The lowest BCUT2D eigenvalue weighted by Gasteiger charge is -2.19. The Morgan fingerprint density at radius 1 is 1.19 bits per heavy atom. The lowest BCUT2D eigenvalue weighted by molar-refractivity contribution is 0.0572. The molecule has 0 unspecified atom stereocenters. The van der Waals surface area contributed by atoms with Crippen LogP contribution in [0.3, 0.4) is 0 Å². The lowest BCUT2D eigenvalue weighted by Crippen LogP contribution is -2.30. The Morgan fingerprint density at radius 2 is 1.81 bits per heavy atom. The third-order valence-corrected chi connectivity index (χ3v) is 4.20. The fourth-order valence-corrected chi connectivity index (χ4v) is 3.04. The Hall–Kier alpha value is -1.37. The van der Waals surface area contributed by atoms with Gasteiger partial charge in [-0.3, -0.25) is 4.79 Å². The molecule has 3 rings (SSSR count). The number of nitrogens with zero attached hydrogens (tertiary/aromatic N) is 3. The van der Waals surface area contributed by atoms with Crippen LogP contribution in [0, 0.1) is 0 Å². The zero-order chi connectivity index (χ0) is 15.0. The van der Waals surface area contributed by atoms with Crippen LogP contribution in [0.1, 0.15) is 23.2 Å². The highest BCUT2D eigenvalue weighted by molar-refractivity contribution is 6.29. The Morgan fingerprint density at radius 3 is 2.43 bits per heavy atom. The zero-order valence-corrected chi connectivity index (χ0v) is 12.3. The number of amides is 1. The van der Waals surface area contributed by atoms with E-state index in [9.17, 15) is 15.0 Å². The number of aliphatic hydroxyl groups excluding tert-OH is 2. The van der Waals surface area contributed by atoms with Crippen molar-refractivity contribution in [2.45, 2.75) is 25.0 Å². The van der Waals surface area contributed by atoms with Gasteiger partial charge < -0.3 is 20.0 Å². The summed E-state index contributed by atoms with van der Waals surface area (Å²) in [5.74, 6) is 0.471. The van der Waals surface area contributed by atoms with E-state index in [2.05, 4.69) is 9.88 Å². The summed E-state index contributed by atoms with van der Waals surface area (Å²) in [7, 11) is 0. The Balaban J connectivity index is 1.83. The molecule has 21 heavy (non-hydrogen) atoms. The van der Waals surface area contributed by atoms with Gasteiger partial charge >= 0.3 is 0 Å². The van der Waals surface area contributed by atoms with Crippen LogP contribution in [0.25, 0.3) is 0 Å². The fraction of sp³-hybridized carbons (Fsp3) is 0.571. The first-order valence-corrected chi connectivity index (χ1v) is 7.50. The molecule has 1 amide bonds. The molecule has 2 aliphatic rings. The second kappa shape index (κ2) is 5.79. The molecule has 0 spiro atoms. The van der Waals surface area contributed by atoms with Crippen LogP contribution >= 0.6 is 11.6 Å². The van der Waals surface area contributed by atoms with Gasteiger partial charge in [-0.05, 0) is 25.0 Å². The third-order valence-electron chi connectivity index (χ3n) is 4.00. The first kappa shape index (κ1) is 14.6. The number of halogens is 1. The van der Waals surface area contributed by atoms with Crippen molar-refractivity contribution in [3.05, 3.63) is 22.8 Å². The number of β-amino-alcohol motifs (C(OH)–C–C–N with tert-alkyl or cyclic N) is 2. The molecular weight excluding hydrogens is 294 g/mol. The van der Waals surface area contributed by atoms with E-state index in [-0.39, 0.29) is 24.1 Å². The van der Waals surface area contributed by atoms with E-state index in [1.54, 1.807) is 6.07 Å². The van der Waals surface area contributed by atoms with E-state index in [1.165, 1.54) is 11.0 Å². The van der Waals surface area contributed by atoms with Crippen molar-refractivity contribution in [1.29, 1.82) is 0 Å². The second-order valence-electron chi connectivity index (χ2n) is 5.58. The maximum Gasteiger partial charge on any atom is 0.254 e. The number of rotatable bonds is 2. The van der Waals surface area contributed by atoms with Crippen molar-refractivity contribution < 1.29 is 15.0 Å². The van der Waals surface area contributed by atoms with Crippen LogP contribution in [-0.2, 0) is 0 Å². The Labute approximate surface area is 127 Å². The predicted molar refractivity (Wildman–Crippen MR) is 78.6 cm³/mol. The summed E-state index contributed by atoms with van der Waals surface area (Å²) in [6.07, 6.45) is 0.456. The lowest BCUT2D eigenvalue weighted by atomic mass is 10.2. The van der Waals surface area contributed by atoms with Crippen molar-refractivity contribution in [1.82, 2.24) is 9.88 Å². The van der Waals surface area contributed by atoms with Gasteiger partial charge in [0.2, 0.25) is 0 Å². The molecule has 1 aromatic heterocycles. The van der Waals surface area contributed by atoms with E-state index in [0.29, 0.717) is 11.4 Å². The summed E-state index contributed by atoms with van der Waals surface area (Å²) in [5.41, 5.74) is 0.443. The van der Waals surface area contributed by atoms with Crippen LogP contribution in [-0.4, -0.2) is 64.4 Å². The average molecular weight is 312 g/mol. The number of carbonyl (C=O) groups is 1. The molecule has 7 heteroatoms. The van der Waals surface area contributed by atoms with Crippen molar-refractivity contribution in [3.8, 4) is 0 Å². The van der Waals surface area contributed by atoms with Gasteiger partial charge in [0.25, 0.3) is 5.91 Å². The molecule has 3 heterocycles. The van der Waals surface area contributed by atoms with Gasteiger partial charge in [-0.25, -0.2) is 4.98 Å². The van der Waals surface area contributed by atoms with Gasteiger partial charge in [-0.1, -0.05) is 11.6 Å². The summed E-state index contributed by atoms with van der Waals surface area (Å²) in [5, 5.41) is 19.4. The van der Waals surface area contributed by atoms with Crippen LogP contribution < -0.4 is 4.90 Å². The molecule has 6 nitrogen and oxygen atoms in total. The molecule has 2 N–H and O–H groups in total. The Bertz CT molecular complexity index is 538. The normalized spacial score (nSPS) is 25.7. The minimum atomic E-state index is -0.885. The molecule has 114 valence electrons. The molecule has 0 aromatic carbocycles. The number of likely N-dealkylation sites (tertiary alicyclic amines) is 1. The monoisotopic (exact) mass is 311 g/mol. The van der Waals surface area contributed by atoms with E-state index in [4.69, 9.17) is 11.6 Å². The van der Waals surface area contributed by atoms with Crippen LogP contribution in [0.5, 0.6) is 0 Å². The van der Waals surface area contributed by atoms with Crippen molar-refractivity contribution in [2.24, 2.45) is 0 Å². The number of hydrogen-bond acceptors (Lipinski definition) is 5. The first-order chi connectivity index (χ1) is 10.0. The standard InChI is InChI=1S/C14H18ClN3O3/c15-12-5-9(6-13(16-12)17-3-1-2-4-17)14(21)18-7-10(19)11(20)8-18/h5-6,10-11,19-20H,1-4,7-8H2/t10-,11+. The van der Waals surface area contributed by atoms with Gasteiger partial charge in [-0.15, -0.1) is 0 Å². The second-order valence-corrected chi connectivity index (χ2v) is 5.96. The summed E-state index contributed by atoms with van der Waals surface area (Å²) in [6.45, 7) is 2.11. The van der Waals surface area contributed by atoms with Crippen LogP contribution in [0.15, 0.2) is 12.1 Å². The van der Waals surface area contributed by atoms with Crippen molar-refractivity contribution >= 4 is 23.3 Å². The smallest absolute Gasteiger partial charge is 0.254 e. The van der Waals surface area contributed by atoms with Gasteiger partial charge in [0.05, 0.1) is 12.2 Å². The largest absolute Gasteiger partial charge is 0.388 e. The summed E-state index contributed by atoms with van der Waals surface area (Å²) in [6, 6.07) is 3.26. The molecule has 0 bridgehead atoms. The molecule has 2 saturated heterocycles. The average Bonchev–Trinajstić information content (AvgIpc) is 3.08. The zero-order valence-electron chi connectivity index (χ0n) is 11.6. The number of anilines is 1. The van der Waals surface area contributed by atoms with E-state index >= 15 is 0 Å². The molecule has 0 radical (unpaired) electrons. The molecule has 2 aliphatic heterocycles. The quantitative estimate of drug-likeness (QED) is 0.778. The van der Waals surface area contributed by atoms with Crippen LogP contribution in [0.4, 0.5) is 5.82 Å². The SMILES string of the molecule is O=C(c1cc(Cl)nc(N2CCCC2)c1)N1C[C@@H](O)[C@@H](O)C1. The summed E-state index contributed by atoms with van der Waals surface area (Å²) in [4.78, 5) is 20.3. The maximum atomic E-state index is 12.5. The molecular formula is C14H18ClN3O3. The minimum absolute atomic E-state index is 0.138. The van der Waals surface area contributed by atoms with Gasteiger partial charge in [-0.2, -0.15) is 0 Å². The molecule has 2 fully saturated rings. The number of aromatic nitrogens is 1. The van der Waals surface area contributed by atoms with Gasteiger partial charge in [0.15, 0.2) is 0 Å². The van der Waals surface area contributed by atoms with Crippen molar-refractivity contribution in [2.75, 3.05) is 31.1 Å².